The fourth-order valence-electron chi connectivity index (χ4n) is 4.04. The van der Waals surface area contributed by atoms with E-state index in [0.29, 0.717) is 16.6 Å². The molecule has 1 aromatic rings. The zero-order valence-corrected chi connectivity index (χ0v) is 13.0. The fourth-order valence-corrected chi connectivity index (χ4v) is 4.32. The van der Waals surface area contributed by atoms with Gasteiger partial charge in [-0.1, -0.05) is 37.3 Å². The van der Waals surface area contributed by atoms with Gasteiger partial charge in [-0.15, -0.1) is 0 Å². The van der Waals surface area contributed by atoms with Crippen LogP contribution in [0.2, 0.25) is 5.02 Å². The summed E-state index contributed by atoms with van der Waals surface area (Å²) in [5.41, 5.74) is 6.66. The molecule has 0 bridgehead atoms. The molecule has 3 N–H and O–H groups in total. The minimum Gasteiger partial charge on any atom is -0.382 e. The van der Waals surface area contributed by atoms with Gasteiger partial charge in [-0.25, -0.2) is 0 Å². The fraction of sp³-hybridized carbons (Fsp3) is 0.588. The average molecular weight is 307 g/mol. The van der Waals surface area contributed by atoms with Crippen molar-refractivity contribution in [3.05, 3.63) is 28.8 Å². The van der Waals surface area contributed by atoms with Gasteiger partial charge in [0.15, 0.2) is 0 Å². The van der Waals surface area contributed by atoms with Gasteiger partial charge in [0.1, 0.15) is 0 Å². The van der Waals surface area contributed by atoms with Crippen molar-refractivity contribution in [2.75, 3.05) is 5.32 Å². The van der Waals surface area contributed by atoms with Crippen molar-refractivity contribution >= 4 is 23.2 Å². The molecule has 1 aromatic carbocycles. The SMILES string of the molecule is NC(=O)c1ccc(NC2CCC3CCCCC3C2)cc1Cl. The van der Waals surface area contributed by atoms with Crippen molar-refractivity contribution in [1.29, 1.82) is 0 Å². The minimum absolute atomic E-state index is 0.387. The first-order chi connectivity index (χ1) is 10.1. The largest absolute Gasteiger partial charge is 0.382 e. The van der Waals surface area contributed by atoms with Gasteiger partial charge in [0.25, 0.3) is 0 Å². The van der Waals surface area contributed by atoms with E-state index in [-0.39, 0.29) is 0 Å². The van der Waals surface area contributed by atoms with Crippen molar-refractivity contribution < 1.29 is 4.79 Å². The van der Waals surface area contributed by atoms with Crippen LogP contribution >= 0.6 is 11.6 Å². The van der Waals surface area contributed by atoms with Gasteiger partial charge in [0.2, 0.25) is 5.91 Å². The number of hydrogen-bond acceptors (Lipinski definition) is 2. The second kappa shape index (κ2) is 6.27. The molecule has 1 amide bonds. The first-order valence-corrected chi connectivity index (χ1v) is 8.37. The maximum absolute atomic E-state index is 11.2. The molecule has 0 saturated heterocycles. The third-order valence-corrected chi connectivity index (χ3v) is 5.46. The number of hydrogen-bond donors (Lipinski definition) is 2. The second-order valence-corrected chi connectivity index (χ2v) is 6.93. The monoisotopic (exact) mass is 306 g/mol. The summed E-state index contributed by atoms with van der Waals surface area (Å²) in [6.07, 6.45) is 9.48. The van der Waals surface area contributed by atoms with Crippen LogP contribution in [0.3, 0.4) is 0 Å². The highest BCUT2D eigenvalue weighted by Crippen LogP contribution is 2.41. The zero-order chi connectivity index (χ0) is 14.8. The van der Waals surface area contributed by atoms with Gasteiger partial charge < -0.3 is 11.1 Å². The van der Waals surface area contributed by atoms with Crippen molar-refractivity contribution in [3.63, 3.8) is 0 Å². The van der Waals surface area contributed by atoms with E-state index >= 15 is 0 Å². The molecule has 0 aliphatic heterocycles. The zero-order valence-electron chi connectivity index (χ0n) is 12.3. The van der Waals surface area contributed by atoms with Gasteiger partial charge in [0.05, 0.1) is 10.6 Å². The molecule has 3 atom stereocenters. The van der Waals surface area contributed by atoms with E-state index in [0.717, 1.165) is 17.5 Å². The van der Waals surface area contributed by atoms with E-state index in [4.69, 9.17) is 17.3 Å². The number of anilines is 1. The summed E-state index contributed by atoms with van der Waals surface area (Å²) in [4.78, 5) is 11.2. The number of primary amides is 1. The Morgan fingerprint density at radius 3 is 2.62 bits per heavy atom. The number of carbonyl (C=O) groups is 1. The summed E-state index contributed by atoms with van der Waals surface area (Å²) in [6, 6.07) is 5.95. The Labute approximate surface area is 131 Å². The molecule has 0 heterocycles. The molecule has 114 valence electrons. The summed E-state index contributed by atoms with van der Waals surface area (Å²) < 4.78 is 0. The molecular weight excluding hydrogens is 284 g/mol. The lowest BCUT2D eigenvalue weighted by Gasteiger charge is -2.39. The minimum atomic E-state index is -0.478. The number of carbonyl (C=O) groups excluding carboxylic acids is 1. The molecule has 0 aromatic heterocycles. The highest BCUT2D eigenvalue weighted by molar-refractivity contribution is 6.34. The van der Waals surface area contributed by atoms with Gasteiger partial charge >= 0.3 is 0 Å². The van der Waals surface area contributed by atoms with Crippen molar-refractivity contribution in [3.8, 4) is 0 Å². The van der Waals surface area contributed by atoms with Gasteiger partial charge in [-0.3, -0.25) is 4.79 Å². The standard InChI is InChI=1S/C17H23ClN2O/c18-16-10-14(7-8-15(16)17(19)21)20-13-6-5-11-3-1-2-4-12(11)9-13/h7-8,10-13,20H,1-6,9H2,(H2,19,21). The number of benzene rings is 1. The molecule has 4 heteroatoms. The second-order valence-electron chi connectivity index (χ2n) is 6.52. The van der Waals surface area contributed by atoms with Crippen LogP contribution in [0.1, 0.15) is 55.3 Å². The Kier molecular flexibility index (Phi) is 4.39. The highest BCUT2D eigenvalue weighted by Gasteiger charge is 2.32. The molecule has 2 fully saturated rings. The van der Waals surface area contributed by atoms with Crippen molar-refractivity contribution in [2.45, 2.75) is 51.0 Å². The number of nitrogens with one attached hydrogen (secondary N) is 1. The van der Waals surface area contributed by atoms with Crippen LogP contribution in [-0.4, -0.2) is 11.9 Å². The van der Waals surface area contributed by atoms with E-state index in [2.05, 4.69) is 5.32 Å². The van der Waals surface area contributed by atoms with E-state index < -0.39 is 5.91 Å². The predicted molar refractivity (Wildman–Crippen MR) is 86.7 cm³/mol. The van der Waals surface area contributed by atoms with E-state index in [9.17, 15) is 4.79 Å². The van der Waals surface area contributed by atoms with Crippen LogP contribution in [0.15, 0.2) is 18.2 Å². The molecule has 21 heavy (non-hydrogen) atoms. The van der Waals surface area contributed by atoms with E-state index in [1.807, 2.05) is 12.1 Å². The van der Waals surface area contributed by atoms with Crippen LogP contribution in [0, 0.1) is 11.8 Å². The third-order valence-electron chi connectivity index (χ3n) is 5.15. The third kappa shape index (κ3) is 3.34. The molecule has 3 nitrogen and oxygen atoms in total. The van der Waals surface area contributed by atoms with Crippen molar-refractivity contribution in [1.82, 2.24) is 0 Å². The Bertz CT molecular complexity index is 532. The lowest BCUT2D eigenvalue weighted by Crippen LogP contribution is -2.34. The average Bonchev–Trinajstić information content (AvgIpc) is 2.47. The Balaban J connectivity index is 1.64. The summed E-state index contributed by atoms with van der Waals surface area (Å²) >= 11 is 6.11. The first kappa shape index (κ1) is 14.7. The lowest BCUT2D eigenvalue weighted by molar-refractivity contribution is 0.100. The molecular formula is C17H23ClN2O. The number of rotatable bonds is 3. The molecule has 3 unspecified atom stereocenters. The molecule has 0 spiro atoms. The normalized spacial score (nSPS) is 28.7. The number of halogens is 1. The van der Waals surface area contributed by atoms with Gasteiger partial charge in [0, 0.05) is 11.7 Å². The maximum Gasteiger partial charge on any atom is 0.250 e. The molecule has 2 saturated carbocycles. The predicted octanol–water partition coefficient (Wildman–Crippen LogP) is 4.21. The molecule has 2 aliphatic rings. The number of amides is 1. The lowest BCUT2D eigenvalue weighted by atomic mass is 9.69. The topological polar surface area (TPSA) is 55.1 Å². The first-order valence-electron chi connectivity index (χ1n) is 7.99. The number of fused-ring (bicyclic) bond motifs is 1. The highest BCUT2D eigenvalue weighted by atomic mass is 35.5. The Morgan fingerprint density at radius 2 is 1.90 bits per heavy atom. The summed E-state index contributed by atoms with van der Waals surface area (Å²) in [6.45, 7) is 0. The molecule has 2 aliphatic carbocycles. The van der Waals surface area contributed by atoms with Crippen LogP contribution in [-0.2, 0) is 0 Å². The smallest absolute Gasteiger partial charge is 0.250 e. The molecule has 0 radical (unpaired) electrons. The summed E-state index contributed by atoms with van der Waals surface area (Å²) in [7, 11) is 0. The van der Waals surface area contributed by atoms with Crippen LogP contribution < -0.4 is 11.1 Å². The Morgan fingerprint density at radius 1 is 1.14 bits per heavy atom. The van der Waals surface area contributed by atoms with Crippen LogP contribution in [0.25, 0.3) is 0 Å². The van der Waals surface area contributed by atoms with Crippen LogP contribution in [0.4, 0.5) is 5.69 Å². The molecule has 3 rings (SSSR count). The van der Waals surface area contributed by atoms with Gasteiger partial charge in [-0.2, -0.15) is 0 Å². The quantitative estimate of drug-likeness (QED) is 0.879. The van der Waals surface area contributed by atoms with E-state index in [1.54, 1.807) is 6.07 Å². The van der Waals surface area contributed by atoms with Gasteiger partial charge in [-0.05, 0) is 49.3 Å². The van der Waals surface area contributed by atoms with Crippen LogP contribution in [0.5, 0.6) is 0 Å². The van der Waals surface area contributed by atoms with E-state index in [1.165, 1.54) is 44.9 Å². The summed E-state index contributed by atoms with van der Waals surface area (Å²) in [5, 5.41) is 4.01. The van der Waals surface area contributed by atoms with Crippen molar-refractivity contribution in [2.24, 2.45) is 17.6 Å². The maximum atomic E-state index is 11.2. The summed E-state index contributed by atoms with van der Waals surface area (Å²) in [5.74, 6) is 1.37. The Hall–Kier alpha value is -1.22. The number of nitrogens with two attached hydrogens (primary N) is 1.